The summed E-state index contributed by atoms with van der Waals surface area (Å²) in [6.07, 6.45) is 5.67. The van der Waals surface area contributed by atoms with Gasteiger partial charge in [0.1, 0.15) is 5.75 Å². The molecule has 1 atom stereocenters. The average Bonchev–Trinajstić information content (AvgIpc) is 3.21. The molecule has 0 aliphatic rings. The third-order valence-corrected chi connectivity index (χ3v) is 4.76. The molecule has 0 aliphatic heterocycles. The fraction of sp³-hybridized carbons (Fsp3) is 0.286. The minimum Gasteiger partial charge on any atom is -0.466 e. The summed E-state index contributed by atoms with van der Waals surface area (Å²) in [5.41, 5.74) is 21.4. The van der Waals surface area contributed by atoms with E-state index in [4.69, 9.17) is 21.9 Å². The van der Waals surface area contributed by atoms with E-state index in [2.05, 4.69) is 4.98 Å². The summed E-state index contributed by atoms with van der Waals surface area (Å²) < 4.78 is 8.08. The first-order chi connectivity index (χ1) is 14.0. The van der Waals surface area contributed by atoms with Gasteiger partial charge in [0.2, 0.25) is 0 Å². The van der Waals surface area contributed by atoms with Crippen LogP contribution in [-0.2, 0) is 6.54 Å². The molecule has 8 nitrogen and oxygen atoms in total. The van der Waals surface area contributed by atoms with E-state index >= 15 is 0 Å². The van der Waals surface area contributed by atoms with Gasteiger partial charge in [-0.25, -0.2) is 4.98 Å². The third-order valence-electron chi connectivity index (χ3n) is 4.76. The standard InChI is InChI=1S/C21H28N6O2/c1-15-11-17(4-5-18(15)23)27(9-2-8-26-10-7-25-14-26)21(13-28)29-20-6-3-16(22)12-19(20)24/h3-7,10-12,14,21,28H,2,8-9,13,22-24H2,1H3. The SMILES string of the molecule is Cc1cc(N(CCCn2ccnc2)C(CO)Oc2ccc(N)cc2N)ccc1N. The summed E-state index contributed by atoms with van der Waals surface area (Å²) in [4.78, 5) is 6.08. The molecular weight excluding hydrogens is 368 g/mol. The van der Waals surface area contributed by atoms with Crippen molar-refractivity contribution in [1.29, 1.82) is 0 Å². The maximum Gasteiger partial charge on any atom is 0.195 e. The average molecular weight is 396 g/mol. The maximum atomic E-state index is 10.1. The Morgan fingerprint density at radius 1 is 1.14 bits per heavy atom. The van der Waals surface area contributed by atoms with Crippen LogP contribution >= 0.6 is 0 Å². The van der Waals surface area contributed by atoms with Gasteiger partial charge in [0.15, 0.2) is 6.23 Å². The molecule has 0 saturated carbocycles. The fourth-order valence-corrected chi connectivity index (χ4v) is 3.14. The number of aliphatic hydroxyl groups excluding tert-OH is 1. The molecule has 29 heavy (non-hydrogen) atoms. The molecule has 3 rings (SSSR count). The lowest BCUT2D eigenvalue weighted by molar-refractivity contribution is 0.112. The van der Waals surface area contributed by atoms with E-state index in [1.807, 2.05) is 40.8 Å². The van der Waals surface area contributed by atoms with Crippen molar-refractivity contribution in [3.05, 3.63) is 60.7 Å². The quantitative estimate of drug-likeness (QED) is 0.322. The van der Waals surface area contributed by atoms with E-state index in [1.54, 1.807) is 30.7 Å². The van der Waals surface area contributed by atoms with Crippen LogP contribution in [0.4, 0.5) is 22.7 Å². The highest BCUT2D eigenvalue weighted by atomic mass is 16.5. The van der Waals surface area contributed by atoms with Crippen LogP contribution < -0.4 is 26.8 Å². The van der Waals surface area contributed by atoms with Gasteiger partial charge in [-0.15, -0.1) is 0 Å². The molecular formula is C21H28N6O2. The molecule has 1 aromatic heterocycles. The Kier molecular flexibility index (Phi) is 6.46. The second-order valence-electron chi connectivity index (χ2n) is 6.94. The van der Waals surface area contributed by atoms with E-state index in [-0.39, 0.29) is 6.61 Å². The number of nitrogen functional groups attached to an aromatic ring is 3. The molecule has 0 amide bonds. The number of aromatic nitrogens is 2. The first-order valence-electron chi connectivity index (χ1n) is 9.49. The van der Waals surface area contributed by atoms with Gasteiger partial charge in [0.05, 0.1) is 18.6 Å². The van der Waals surface area contributed by atoms with Crippen LogP contribution in [0.2, 0.25) is 0 Å². The monoisotopic (exact) mass is 396 g/mol. The van der Waals surface area contributed by atoms with Crippen LogP contribution in [0.1, 0.15) is 12.0 Å². The largest absolute Gasteiger partial charge is 0.466 e. The van der Waals surface area contributed by atoms with Gasteiger partial charge < -0.3 is 36.5 Å². The van der Waals surface area contributed by atoms with Crippen LogP contribution in [-0.4, -0.2) is 34.0 Å². The first-order valence-corrected chi connectivity index (χ1v) is 9.49. The number of hydrogen-bond acceptors (Lipinski definition) is 7. The molecule has 8 heteroatoms. The number of hydrogen-bond donors (Lipinski definition) is 4. The topological polar surface area (TPSA) is 129 Å². The van der Waals surface area contributed by atoms with E-state index < -0.39 is 6.23 Å². The lowest BCUT2D eigenvalue weighted by atomic mass is 10.1. The number of aryl methyl sites for hydroxylation is 2. The van der Waals surface area contributed by atoms with Gasteiger partial charge in [-0.2, -0.15) is 0 Å². The molecule has 3 aromatic rings. The van der Waals surface area contributed by atoms with Crippen LogP contribution in [0, 0.1) is 6.92 Å². The fourth-order valence-electron chi connectivity index (χ4n) is 3.14. The molecule has 0 fully saturated rings. The lowest BCUT2D eigenvalue weighted by Gasteiger charge is -2.33. The molecule has 0 saturated heterocycles. The smallest absolute Gasteiger partial charge is 0.195 e. The van der Waals surface area contributed by atoms with Crippen molar-refractivity contribution in [3.63, 3.8) is 0 Å². The Labute approximate surface area is 170 Å². The van der Waals surface area contributed by atoms with E-state index in [9.17, 15) is 5.11 Å². The molecule has 0 radical (unpaired) electrons. The summed E-state index contributed by atoms with van der Waals surface area (Å²) >= 11 is 0. The molecule has 0 spiro atoms. The zero-order valence-electron chi connectivity index (χ0n) is 16.5. The summed E-state index contributed by atoms with van der Waals surface area (Å²) in [6.45, 7) is 3.20. The first kappa shape index (κ1) is 20.3. The summed E-state index contributed by atoms with van der Waals surface area (Å²) in [7, 11) is 0. The Bertz CT molecular complexity index is 929. The number of imidazole rings is 1. The van der Waals surface area contributed by atoms with Gasteiger partial charge in [-0.3, -0.25) is 0 Å². The third kappa shape index (κ3) is 5.11. The number of nitrogens with zero attached hydrogens (tertiary/aromatic N) is 3. The van der Waals surface area contributed by atoms with Gasteiger partial charge in [0.25, 0.3) is 0 Å². The van der Waals surface area contributed by atoms with Gasteiger partial charge >= 0.3 is 0 Å². The number of rotatable bonds is 9. The van der Waals surface area contributed by atoms with E-state index in [0.29, 0.717) is 23.7 Å². The van der Waals surface area contributed by atoms with Crippen molar-refractivity contribution in [2.75, 3.05) is 35.3 Å². The second-order valence-corrected chi connectivity index (χ2v) is 6.94. The Morgan fingerprint density at radius 3 is 2.62 bits per heavy atom. The Balaban J connectivity index is 1.82. The predicted octanol–water partition coefficient (Wildman–Crippen LogP) is 2.23. The summed E-state index contributed by atoms with van der Waals surface area (Å²) in [6, 6.07) is 10.9. The number of benzene rings is 2. The number of anilines is 4. The number of nitrogens with two attached hydrogens (primary N) is 3. The highest BCUT2D eigenvalue weighted by Crippen LogP contribution is 2.28. The van der Waals surface area contributed by atoms with Crippen molar-refractivity contribution < 1.29 is 9.84 Å². The van der Waals surface area contributed by atoms with Crippen LogP contribution in [0.25, 0.3) is 0 Å². The molecule has 1 heterocycles. The van der Waals surface area contributed by atoms with Crippen molar-refractivity contribution in [2.45, 2.75) is 26.1 Å². The molecule has 2 aromatic carbocycles. The molecule has 1 unspecified atom stereocenters. The van der Waals surface area contributed by atoms with Crippen molar-refractivity contribution >= 4 is 22.7 Å². The zero-order valence-corrected chi connectivity index (χ0v) is 16.5. The molecule has 7 N–H and O–H groups in total. The minimum absolute atomic E-state index is 0.210. The lowest BCUT2D eigenvalue weighted by Crippen LogP contribution is -2.43. The van der Waals surface area contributed by atoms with Crippen molar-refractivity contribution in [3.8, 4) is 5.75 Å². The molecule has 154 valence electrons. The van der Waals surface area contributed by atoms with Gasteiger partial charge in [0, 0.05) is 42.5 Å². The van der Waals surface area contributed by atoms with Crippen LogP contribution in [0.5, 0.6) is 5.75 Å². The minimum atomic E-state index is -0.619. The van der Waals surface area contributed by atoms with E-state index in [0.717, 1.165) is 29.9 Å². The molecule has 0 bridgehead atoms. The highest BCUT2D eigenvalue weighted by molar-refractivity contribution is 5.61. The van der Waals surface area contributed by atoms with Gasteiger partial charge in [-0.05, 0) is 55.3 Å². The summed E-state index contributed by atoms with van der Waals surface area (Å²) in [5, 5.41) is 10.1. The van der Waals surface area contributed by atoms with Crippen LogP contribution in [0.15, 0.2) is 55.1 Å². The van der Waals surface area contributed by atoms with E-state index in [1.165, 1.54) is 0 Å². The predicted molar refractivity (Wildman–Crippen MR) is 117 cm³/mol. The van der Waals surface area contributed by atoms with Crippen molar-refractivity contribution in [2.24, 2.45) is 0 Å². The van der Waals surface area contributed by atoms with Crippen LogP contribution in [0.3, 0.4) is 0 Å². The maximum absolute atomic E-state index is 10.1. The molecule has 0 aliphatic carbocycles. The van der Waals surface area contributed by atoms with Gasteiger partial charge in [-0.1, -0.05) is 0 Å². The number of aliphatic hydroxyl groups is 1. The Hall–Kier alpha value is -3.39. The zero-order chi connectivity index (χ0) is 20.8. The number of ether oxygens (including phenoxy) is 1. The normalized spacial score (nSPS) is 11.9. The van der Waals surface area contributed by atoms with Crippen molar-refractivity contribution in [1.82, 2.24) is 9.55 Å². The Morgan fingerprint density at radius 2 is 1.97 bits per heavy atom. The summed E-state index contributed by atoms with van der Waals surface area (Å²) in [5.74, 6) is 0.477. The second kappa shape index (κ2) is 9.20. The highest BCUT2D eigenvalue weighted by Gasteiger charge is 2.21.